The van der Waals surface area contributed by atoms with Gasteiger partial charge in [-0.1, -0.05) is 13.3 Å². The molecule has 1 rings (SSSR count). The van der Waals surface area contributed by atoms with E-state index >= 15 is 0 Å². The average Bonchev–Trinajstić information content (AvgIpc) is 2.38. The Morgan fingerprint density at radius 2 is 2.06 bits per heavy atom. The number of hydrogen-bond donors (Lipinski definition) is 1. The highest BCUT2D eigenvalue weighted by atomic mass is 16.5. The predicted octanol–water partition coefficient (Wildman–Crippen LogP) is 1.78. The van der Waals surface area contributed by atoms with Crippen molar-refractivity contribution in [3.63, 3.8) is 0 Å². The summed E-state index contributed by atoms with van der Waals surface area (Å²) in [5.74, 6) is 0.701. The quantitative estimate of drug-likeness (QED) is 0.705. The lowest BCUT2D eigenvalue weighted by molar-refractivity contribution is -0.150. The molecule has 0 aromatic heterocycles. The lowest BCUT2D eigenvalue weighted by atomic mass is 9.92. The number of carbonyl (C=O) groups excluding carboxylic acids is 1. The van der Waals surface area contributed by atoms with Gasteiger partial charge in [0, 0.05) is 0 Å². The molecule has 0 spiro atoms. The number of ether oxygens (including phenoxy) is 1. The normalized spacial score (nSPS) is 19.7. The molecule has 0 aromatic rings. The van der Waals surface area contributed by atoms with E-state index in [0.717, 1.165) is 57.7 Å². The number of carbonyl (C=O) groups is 1. The Balaban J connectivity index is 2.47. The van der Waals surface area contributed by atoms with E-state index < -0.39 is 0 Å². The Kier molecular flexibility index (Phi) is 7.28. The van der Waals surface area contributed by atoms with Gasteiger partial charge in [-0.2, -0.15) is 0 Å². The first-order chi connectivity index (χ1) is 8.72. The maximum Gasteiger partial charge on any atom is 0.323 e. The molecule has 0 radical (unpaired) electrons. The maximum atomic E-state index is 12.0. The maximum absolute atomic E-state index is 12.0. The van der Waals surface area contributed by atoms with Gasteiger partial charge in [-0.25, -0.2) is 0 Å². The fourth-order valence-corrected chi connectivity index (χ4v) is 2.75. The highest BCUT2D eigenvalue weighted by molar-refractivity contribution is 5.75. The van der Waals surface area contributed by atoms with Gasteiger partial charge < -0.3 is 10.5 Å². The van der Waals surface area contributed by atoms with Crippen LogP contribution in [0, 0.1) is 5.92 Å². The molecule has 0 bridgehead atoms. The molecule has 1 fully saturated rings. The SMILES string of the molecule is CCCC(C(=O)OCC)N1CCC(CCN)CC1. The average molecular weight is 256 g/mol. The molecule has 0 amide bonds. The van der Waals surface area contributed by atoms with E-state index in [1.807, 2.05) is 6.92 Å². The molecule has 1 aliphatic rings. The van der Waals surface area contributed by atoms with Gasteiger partial charge in [-0.05, 0) is 58.2 Å². The first-order valence-electron chi connectivity index (χ1n) is 7.33. The van der Waals surface area contributed by atoms with Crippen LogP contribution in [0.2, 0.25) is 0 Å². The molecular weight excluding hydrogens is 228 g/mol. The van der Waals surface area contributed by atoms with Gasteiger partial charge in [0.15, 0.2) is 0 Å². The largest absolute Gasteiger partial charge is 0.465 e. The molecule has 1 unspecified atom stereocenters. The fourth-order valence-electron chi connectivity index (χ4n) is 2.75. The third-order valence-corrected chi connectivity index (χ3v) is 3.79. The zero-order valence-electron chi connectivity index (χ0n) is 11.9. The monoisotopic (exact) mass is 256 g/mol. The standard InChI is InChI=1S/C14H28N2O2/c1-3-5-13(14(17)18-4-2)16-10-7-12(6-9-15)8-11-16/h12-13H,3-11,15H2,1-2H3. The van der Waals surface area contributed by atoms with E-state index in [1.54, 1.807) is 0 Å². The van der Waals surface area contributed by atoms with Gasteiger partial charge in [0.25, 0.3) is 0 Å². The summed E-state index contributed by atoms with van der Waals surface area (Å²) < 4.78 is 5.18. The summed E-state index contributed by atoms with van der Waals surface area (Å²) in [5, 5.41) is 0. The third kappa shape index (κ3) is 4.58. The van der Waals surface area contributed by atoms with Crippen molar-refractivity contribution in [2.75, 3.05) is 26.2 Å². The van der Waals surface area contributed by atoms with Crippen LogP contribution in [0.1, 0.15) is 46.0 Å². The van der Waals surface area contributed by atoms with Crippen molar-refractivity contribution in [2.45, 2.75) is 52.0 Å². The summed E-state index contributed by atoms with van der Waals surface area (Å²) in [7, 11) is 0. The van der Waals surface area contributed by atoms with Crippen LogP contribution in [0.5, 0.6) is 0 Å². The molecule has 1 heterocycles. The van der Waals surface area contributed by atoms with Crippen LogP contribution in [0.4, 0.5) is 0 Å². The van der Waals surface area contributed by atoms with Crippen LogP contribution in [0.3, 0.4) is 0 Å². The molecule has 0 aromatic carbocycles. The number of nitrogens with zero attached hydrogens (tertiary/aromatic N) is 1. The minimum absolute atomic E-state index is 0.0335. The highest BCUT2D eigenvalue weighted by Gasteiger charge is 2.29. The lowest BCUT2D eigenvalue weighted by Gasteiger charge is -2.36. The summed E-state index contributed by atoms with van der Waals surface area (Å²) in [6, 6.07) is -0.0335. The molecule has 1 saturated heterocycles. The summed E-state index contributed by atoms with van der Waals surface area (Å²) >= 11 is 0. The van der Waals surface area contributed by atoms with Gasteiger partial charge in [-0.3, -0.25) is 9.69 Å². The van der Waals surface area contributed by atoms with E-state index in [-0.39, 0.29) is 12.0 Å². The molecule has 2 N–H and O–H groups in total. The van der Waals surface area contributed by atoms with Crippen molar-refractivity contribution in [2.24, 2.45) is 11.7 Å². The van der Waals surface area contributed by atoms with Crippen molar-refractivity contribution in [3.05, 3.63) is 0 Å². The van der Waals surface area contributed by atoms with E-state index in [1.165, 1.54) is 0 Å². The highest BCUT2D eigenvalue weighted by Crippen LogP contribution is 2.23. The molecule has 1 atom stereocenters. The number of likely N-dealkylation sites (tertiary alicyclic amines) is 1. The predicted molar refractivity (Wildman–Crippen MR) is 73.3 cm³/mol. The first-order valence-corrected chi connectivity index (χ1v) is 7.33. The number of nitrogens with two attached hydrogens (primary N) is 1. The lowest BCUT2D eigenvalue weighted by Crippen LogP contribution is -2.46. The molecule has 0 saturated carbocycles. The molecule has 18 heavy (non-hydrogen) atoms. The second kappa shape index (κ2) is 8.48. The molecule has 4 nitrogen and oxygen atoms in total. The molecule has 106 valence electrons. The van der Waals surface area contributed by atoms with Crippen molar-refractivity contribution in [1.82, 2.24) is 4.90 Å². The Bertz CT molecular complexity index is 238. The molecule has 4 heteroatoms. The zero-order valence-corrected chi connectivity index (χ0v) is 11.9. The summed E-state index contributed by atoms with van der Waals surface area (Å²) in [6.07, 6.45) is 5.37. The van der Waals surface area contributed by atoms with Crippen LogP contribution in [0.15, 0.2) is 0 Å². The van der Waals surface area contributed by atoms with Crippen LogP contribution in [-0.4, -0.2) is 43.2 Å². The molecule has 1 aliphatic heterocycles. The molecule has 0 aliphatic carbocycles. The number of hydrogen-bond acceptors (Lipinski definition) is 4. The van der Waals surface area contributed by atoms with E-state index in [9.17, 15) is 4.79 Å². The number of piperidine rings is 1. The summed E-state index contributed by atoms with van der Waals surface area (Å²) in [5.41, 5.74) is 5.60. The van der Waals surface area contributed by atoms with Crippen molar-refractivity contribution < 1.29 is 9.53 Å². The Labute approximate surface area is 111 Å². The van der Waals surface area contributed by atoms with Gasteiger partial charge >= 0.3 is 5.97 Å². The van der Waals surface area contributed by atoms with Gasteiger partial charge in [0.05, 0.1) is 6.61 Å². The van der Waals surface area contributed by atoms with Gasteiger partial charge in [0.1, 0.15) is 6.04 Å². The summed E-state index contributed by atoms with van der Waals surface area (Å²) in [4.78, 5) is 14.3. The zero-order chi connectivity index (χ0) is 13.4. The second-order valence-electron chi connectivity index (χ2n) is 5.11. The van der Waals surface area contributed by atoms with E-state index in [2.05, 4.69) is 11.8 Å². The number of esters is 1. The van der Waals surface area contributed by atoms with Crippen molar-refractivity contribution >= 4 is 5.97 Å². The Hall–Kier alpha value is -0.610. The Morgan fingerprint density at radius 3 is 2.56 bits per heavy atom. The second-order valence-corrected chi connectivity index (χ2v) is 5.11. The number of rotatable bonds is 7. The smallest absolute Gasteiger partial charge is 0.323 e. The molecular formula is C14H28N2O2. The topological polar surface area (TPSA) is 55.6 Å². The Morgan fingerprint density at radius 1 is 1.39 bits per heavy atom. The minimum atomic E-state index is -0.0448. The van der Waals surface area contributed by atoms with Crippen LogP contribution >= 0.6 is 0 Å². The van der Waals surface area contributed by atoms with Crippen molar-refractivity contribution in [3.8, 4) is 0 Å². The van der Waals surface area contributed by atoms with E-state index in [4.69, 9.17) is 10.5 Å². The van der Waals surface area contributed by atoms with E-state index in [0.29, 0.717) is 6.61 Å². The fraction of sp³-hybridized carbons (Fsp3) is 0.929. The first kappa shape index (κ1) is 15.4. The van der Waals surface area contributed by atoms with Crippen molar-refractivity contribution in [1.29, 1.82) is 0 Å². The van der Waals surface area contributed by atoms with Crippen LogP contribution in [-0.2, 0) is 9.53 Å². The van der Waals surface area contributed by atoms with Gasteiger partial charge in [0.2, 0.25) is 0 Å². The van der Waals surface area contributed by atoms with Crippen LogP contribution < -0.4 is 5.73 Å². The minimum Gasteiger partial charge on any atom is -0.465 e. The third-order valence-electron chi connectivity index (χ3n) is 3.79. The van der Waals surface area contributed by atoms with Crippen LogP contribution in [0.25, 0.3) is 0 Å². The van der Waals surface area contributed by atoms with Gasteiger partial charge in [-0.15, -0.1) is 0 Å². The summed E-state index contributed by atoms with van der Waals surface area (Å²) in [6.45, 7) is 7.26.